The number of carboxylic acid groups (broad SMARTS) is 1. The van der Waals surface area contributed by atoms with E-state index in [0.717, 1.165) is 11.3 Å². The number of carboxylic acids is 1. The third-order valence-corrected chi connectivity index (χ3v) is 6.27. The fourth-order valence-electron chi connectivity index (χ4n) is 3.88. The Hall–Kier alpha value is -4.01. The molecule has 1 aliphatic rings. The van der Waals surface area contributed by atoms with Crippen LogP contribution in [0.5, 0.6) is 17.2 Å². The minimum atomic E-state index is -0.922. The molecule has 1 aromatic heterocycles. The van der Waals surface area contributed by atoms with Crippen LogP contribution in [0.15, 0.2) is 66.7 Å². The molecule has 1 atom stereocenters. The summed E-state index contributed by atoms with van der Waals surface area (Å²) in [6, 6.07) is 18.6. The molecular formula is C26H19Cl2N3O5. The predicted molar refractivity (Wildman–Crippen MR) is 135 cm³/mol. The Kier molecular flexibility index (Phi) is 6.54. The number of aromatic nitrogens is 2. The second-order valence-electron chi connectivity index (χ2n) is 8.10. The van der Waals surface area contributed by atoms with Gasteiger partial charge in [0.25, 0.3) is 5.91 Å². The molecule has 36 heavy (non-hydrogen) atoms. The van der Waals surface area contributed by atoms with Crippen molar-refractivity contribution in [3.05, 3.63) is 87.9 Å². The molecule has 0 bridgehead atoms. The number of aromatic amines is 1. The highest BCUT2D eigenvalue weighted by molar-refractivity contribution is 6.32. The van der Waals surface area contributed by atoms with Gasteiger partial charge in [-0.1, -0.05) is 35.3 Å². The molecule has 0 radical (unpaired) electrons. The van der Waals surface area contributed by atoms with Gasteiger partial charge in [0.15, 0.2) is 5.82 Å². The second kappa shape index (κ2) is 9.93. The highest BCUT2D eigenvalue weighted by Gasteiger charge is 2.29. The van der Waals surface area contributed by atoms with E-state index in [4.69, 9.17) is 32.7 Å². The average Bonchev–Trinajstić information content (AvgIpc) is 3.33. The second-order valence-corrected chi connectivity index (χ2v) is 8.95. The summed E-state index contributed by atoms with van der Waals surface area (Å²) in [5.74, 6) is -0.347. The van der Waals surface area contributed by atoms with Gasteiger partial charge in [-0.15, -0.1) is 0 Å². The van der Waals surface area contributed by atoms with Crippen molar-refractivity contribution < 1.29 is 24.2 Å². The summed E-state index contributed by atoms with van der Waals surface area (Å²) < 4.78 is 11.5. The Balaban J connectivity index is 1.26. The number of nitrogens with one attached hydrogen (secondary N) is 2. The maximum Gasteiger partial charge on any atom is 0.311 e. The number of carbonyl (C=O) groups is 2. The van der Waals surface area contributed by atoms with Gasteiger partial charge in [0.1, 0.15) is 17.2 Å². The number of aliphatic carboxylic acids is 1. The first-order chi connectivity index (χ1) is 17.4. The largest absolute Gasteiger partial charge is 0.493 e. The molecule has 8 nitrogen and oxygen atoms in total. The molecule has 0 spiro atoms. The van der Waals surface area contributed by atoms with E-state index in [-0.39, 0.29) is 10.9 Å². The number of hydrogen-bond acceptors (Lipinski definition) is 5. The van der Waals surface area contributed by atoms with E-state index in [9.17, 15) is 14.7 Å². The van der Waals surface area contributed by atoms with Crippen molar-refractivity contribution in [2.75, 3.05) is 11.9 Å². The Morgan fingerprint density at radius 2 is 1.81 bits per heavy atom. The number of fused-ring (bicyclic) bond motifs is 1. The summed E-state index contributed by atoms with van der Waals surface area (Å²) in [7, 11) is 0. The van der Waals surface area contributed by atoms with Gasteiger partial charge in [-0.25, -0.2) is 0 Å². The molecule has 3 aromatic carbocycles. The van der Waals surface area contributed by atoms with Crippen molar-refractivity contribution in [3.63, 3.8) is 0 Å². The first-order valence-corrected chi connectivity index (χ1v) is 11.7. The minimum Gasteiger partial charge on any atom is -0.493 e. The molecule has 0 saturated heterocycles. The smallest absolute Gasteiger partial charge is 0.311 e. The monoisotopic (exact) mass is 523 g/mol. The van der Waals surface area contributed by atoms with Crippen LogP contribution in [0.3, 0.4) is 0 Å². The summed E-state index contributed by atoms with van der Waals surface area (Å²) in [4.78, 5) is 24.2. The number of halogens is 2. The van der Waals surface area contributed by atoms with Crippen molar-refractivity contribution in [1.82, 2.24) is 10.2 Å². The molecule has 10 heteroatoms. The van der Waals surface area contributed by atoms with E-state index in [1.165, 1.54) is 0 Å². The lowest BCUT2D eigenvalue weighted by Gasteiger charge is -2.24. The highest BCUT2D eigenvalue weighted by Crippen LogP contribution is 2.41. The molecule has 2 heterocycles. The van der Waals surface area contributed by atoms with Crippen molar-refractivity contribution >= 4 is 40.9 Å². The van der Waals surface area contributed by atoms with Gasteiger partial charge >= 0.3 is 5.97 Å². The third kappa shape index (κ3) is 5.00. The van der Waals surface area contributed by atoms with Crippen LogP contribution >= 0.6 is 23.2 Å². The van der Waals surface area contributed by atoms with Crippen molar-refractivity contribution in [2.45, 2.75) is 12.3 Å². The molecule has 5 rings (SSSR count). The van der Waals surface area contributed by atoms with Gasteiger partial charge in [-0.3, -0.25) is 14.7 Å². The SMILES string of the molecule is O=C(Nc1cc(-c2ccc(Cl)cc2)[nH]n1)c1ccc(Oc2cc3c(cc2Cl)C(C(=O)O)CCO3)cc1. The van der Waals surface area contributed by atoms with Crippen LogP contribution in [-0.2, 0) is 4.79 Å². The lowest BCUT2D eigenvalue weighted by molar-refractivity contribution is -0.139. The number of ether oxygens (including phenoxy) is 2. The molecule has 1 aliphatic heterocycles. The molecule has 4 aromatic rings. The van der Waals surface area contributed by atoms with Crippen molar-refractivity contribution in [3.8, 4) is 28.5 Å². The van der Waals surface area contributed by atoms with Crippen molar-refractivity contribution in [1.29, 1.82) is 0 Å². The van der Waals surface area contributed by atoms with Crippen LogP contribution in [0, 0.1) is 0 Å². The van der Waals surface area contributed by atoms with E-state index in [1.807, 2.05) is 12.1 Å². The zero-order valence-electron chi connectivity index (χ0n) is 18.6. The topological polar surface area (TPSA) is 114 Å². The highest BCUT2D eigenvalue weighted by atomic mass is 35.5. The normalized spacial score (nSPS) is 14.4. The van der Waals surface area contributed by atoms with Crippen LogP contribution in [-0.4, -0.2) is 33.8 Å². The zero-order chi connectivity index (χ0) is 25.2. The van der Waals surface area contributed by atoms with Gasteiger partial charge in [-0.2, -0.15) is 5.10 Å². The number of anilines is 1. The van der Waals surface area contributed by atoms with Crippen LogP contribution in [0.4, 0.5) is 5.82 Å². The van der Waals surface area contributed by atoms with Crippen LogP contribution in [0.1, 0.15) is 28.3 Å². The molecule has 3 N–H and O–H groups in total. The number of hydrogen-bond donors (Lipinski definition) is 3. The van der Waals surface area contributed by atoms with Crippen LogP contribution in [0.25, 0.3) is 11.3 Å². The predicted octanol–water partition coefficient (Wildman–Crippen LogP) is 6.38. The van der Waals surface area contributed by atoms with E-state index in [2.05, 4.69) is 15.5 Å². The molecular weight excluding hydrogens is 505 g/mol. The van der Waals surface area contributed by atoms with Gasteiger partial charge < -0.3 is 19.9 Å². The van der Waals surface area contributed by atoms with Crippen molar-refractivity contribution in [2.24, 2.45) is 0 Å². The number of H-pyrrole nitrogens is 1. The minimum absolute atomic E-state index is 0.266. The lowest BCUT2D eigenvalue weighted by Crippen LogP contribution is -2.20. The molecule has 1 unspecified atom stereocenters. The summed E-state index contributed by atoms with van der Waals surface area (Å²) in [5.41, 5.74) is 2.56. The van der Waals surface area contributed by atoms with Crippen LogP contribution in [0.2, 0.25) is 10.0 Å². The first-order valence-electron chi connectivity index (χ1n) is 11.0. The molecule has 1 amide bonds. The Morgan fingerprint density at radius 1 is 1.06 bits per heavy atom. The number of carbonyl (C=O) groups excluding carboxylic acids is 1. The lowest BCUT2D eigenvalue weighted by atomic mass is 9.93. The molecule has 0 saturated carbocycles. The summed E-state index contributed by atoms with van der Waals surface area (Å²) >= 11 is 12.3. The molecule has 0 fully saturated rings. The fraction of sp³-hybridized carbons (Fsp3) is 0.115. The summed E-state index contributed by atoms with van der Waals surface area (Å²) in [6.45, 7) is 0.298. The average molecular weight is 524 g/mol. The number of benzene rings is 3. The van der Waals surface area contributed by atoms with E-state index >= 15 is 0 Å². The number of nitrogens with zero attached hydrogens (tertiary/aromatic N) is 1. The van der Waals surface area contributed by atoms with Gasteiger partial charge in [0, 0.05) is 28.3 Å². The maximum atomic E-state index is 12.7. The molecule has 182 valence electrons. The first kappa shape index (κ1) is 23.7. The van der Waals surface area contributed by atoms with Gasteiger partial charge in [-0.05, 0) is 54.4 Å². The Bertz CT molecular complexity index is 1440. The standard InChI is InChI=1S/C26H19Cl2N3O5/c27-16-5-1-14(2-6-16)21-12-24(31-30-21)29-25(32)15-3-7-17(8-4-15)36-23-13-22-19(11-20(23)28)18(26(33)34)9-10-35-22/h1-8,11-13,18H,9-10H2,(H,33,34)(H2,29,30,31,32). The third-order valence-electron chi connectivity index (χ3n) is 5.72. The van der Waals surface area contributed by atoms with Gasteiger partial charge in [0.2, 0.25) is 0 Å². The quantitative estimate of drug-likeness (QED) is 0.270. The molecule has 0 aliphatic carbocycles. The van der Waals surface area contributed by atoms with Gasteiger partial charge in [0.05, 0.1) is 23.2 Å². The Morgan fingerprint density at radius 3 is 2.53 bits per heavy atom. The summed E-state index contributed by atoms with van der Waals surface area (Å²) in [5, 5.41) is 20.1. The van der Waals surface area contributed by atoms with E-state index in [0.29, 0.717) is 52.2 Å². The summed E-state index contributed by atoms with van der Waals surface area (Å²) in [6.07, 6.45) is 0.378. The maximum absolute atomic E-state index is 12.7. The zero-order valence-corrected chi connectivity index (χ0v) is 20.1. The van der Waals surface area contributed by atoms with E-state index < -0.39 is 11.9 Å². The number of rotatable bonds is 6. The van der Waals surface area contributed by atoms with Crippen LogP contribution < -0.4 is 14.8 Å². The number of amides is 1. The Labute approximate surface area is 215 Å². The fourth-order valence-corrected chi connectivity index (χ4v) is 4.21. The van der Waals surface area contributed by atoms with E-state index in [1.54, 1.807) is 54.6 Å².